The maximum absolute atomic E-state index is 10.5. The van der Waals surface area contributed by atoms with E-state index in [0.29, 0.717) is 11.4 Å². The molecular weight excluding hydrogens is 180 g/mol. The van der Waals surface area contributed by atoms with E-state index in [0.717, 1.165) is 5.56 Å². The largest absolute Gasteiger partial charge is 0.399 e. The van der Waals surface area contributed by atoms with Crippen molar-refractivity contribution < 1.29 is 9.63 Å². The highest BCUT2D eigenvalue weighted by Crippen LogP contribution is 2.06. The molecule has 74 valence electrons. The van der Waals surface area contributed by atoms with Gasteiger partial charge in [0.2, 0.25) is 0 Å². The Kier molecular flexibility index (Phi) is 3.23. The summed E-state index contributed by atoms with van der Waals surface area (Å²) in [4.78, 5) is 15.0. The van der Waals surface area contributed by atoms with Gasteiger partial charge in [0.15, 0.2) is 0 Å². The van der Waals surface area contributed by atoms with E-state index in [9.17, 15) is 4.79 Å². The van der Waals surface area contributed by atoms with Crippen molar-refractivity contribution in [3.05, 3.63) is 29.8 Å². The topological polar surface area (TPSA) is 64.7 Å². The predicted molar refractivity (Wildman–Crippen MR) is 54.8 cm³/mol. The van der Waals surface area contributed by atoms with E-state index >= 15 is 0 Å². The minimum atomic E-state index is -0.431. The van der Waals surface area contributed by atoms with Gasteiger partial charge in [0.1, 0.15) is 0 Å². The number of benzene rings is 1. The maximum atomic E-state index is 10.5. The zero-order valence-electron chi connectivity index (χ0n) is 8.15. The number of carbonyl (C=O) groups excluding carboxylic acids is 1. The van der Waals surface area contributed by atoms with Gasteiger partial charge in [-0.25, -0.2) is 4.79 Å². The van der Waals surface area contributed by atoms with Crippen molar-refractivity contribution in [2.75, 3.05) is 5.73 Å². The number of oxime groups is 1. The molecule has 0 radical (unpaired) electrons. The van der Waals surface area contributed by atoms with Crippen molar-refractivity contribution in [2.45, 2.75) is 13.8 Å². The average Bonchev–Trinajstić information content (AvgIpc) is 2.15. The van der Waals surface area contributed by atoms with Crippen LogP contribution in [-0.2, 0) is 9.63 Å². The summed E-state index contributed by atoms with van der Waals surface area (Å²) in [5, 5.41) is 3.65. The number of hydrogen-bond donors (Lipinski definition) is 1. The number of nitrogens with two attached hydrogens (primary N) is 1. The summed E-state index contributed by atoms with van der Waals surface area (Å²) in [6.45, 7) is 3.06. The highest BCUT2D eigenvalue weighted by atomic mass is 16.7. The fraction of sp³-hybridized carbons (Fsp3) is 0.200. The molecule has 0 amide bonds. The lowest BCUT2D eigenvalue weighted by molar-refractivity contribution is -0.140. The van der Waals surface area contributed by atoms with Gasteiger partial charge >= 0.3 is 5.97 Å². The number of anilines is 1. The van der Waals surface area contributed by atoms with Crippen LogP contribution in [0.3, 0.4) is 0 Å². The first-order valence-electron chi connectivity index (χ1n) is 4.17. The van der Waals surface area contributed by atoms with E-state index in [1.54, 1.807) is 19.1 Å². The molecular formula is C10H12N2O2. The van der Waals surface area contributed by atoms with E-state index in [-0.39, 0.29) is 0 Å². The first kappa shape index (κ1) is 10.2. The molecule has 0 unspecified atom stereocenters. The van der Waals surface area contributed by atoms with E-state index < -0.39 is 5.97 Å². The van der Waals surface area contributed by atoms with Crippen molar-refractivity contribution >= 4 is 17.4 Å². The van der Waals surface area contributed by atoms with Crippen LogP contribution < -0.4 is 5.73 Å². The quantitative estimate of drug-likeness (QED) is 0.334. The fourth-order valence-electron chi connectivity index (χ4n) is 0.910. The number of nitrogen functional groups attached to an aromatic ring is 1. The number of rotatable bonds is 2. The Balaban J connectivity index is 2.78. The van der Waals surface area contributed by atoms with E-state index in [4.69, 9.17) is 5.73 Å². The minimum Gasteiger partial charge on any atom is -0.399 e. The molecule has 0 aliphatic heterocycles. The fourth-order valence-corrected chi connectivity index (χ4v) is 0.910. The van der Waals surface area contributed by atoms with E-state index in [1.807, 2.05) is 12.1 Å². The monoisotopic (exact) mass is 192 g/mol. The van der Waals surface area contributed by atoms with Crippen molar-refractivity contribution in [1.29, 1.82) is 0 Å². The molecule has 0 heterocycles. The molecule has 0 fully saturated rings. The second kappa shape index (κ2) is 4.41. The van der Waals surface area contributed by atoms with Gasteiger partial charge in [-0.15, -0.1) is 0 Å². The molecule has 0 atom stereocenters. The predicted octanol–water partition coefficient (Wildman–Crippen LogP) is 1.56. The van der Waals surface area contributed by atoms with Gasteiger partial charge in [-0.2, -0.15) is 0 Å². The molecule has 0 bridgehead atoms. The average molecular weight is 192 g/mol. The van der Waals surface area contributed by atoms with Gasteiger partial charge in [-0.3, -0.25) is 0 Å². The zero-order chi connectivity index (χ0) is 10.6. The van der Waals surface area contributed by atoms with Crippen molar-refractivity contribution in [1.82, 2.24) is 0 Å². The molecule has 0 saturated carbocycles. The summed E-state index contributed by atoms with van der Waals surface area (Å²) in [6.07, 6.45) is 0. The minimum absolute atomic E-state index is 0.431. The Morgan fingerprint density at radius 2 is 1.86 bits per heavy atom. The maximum Gasteiger partial charge on any atom is 0.331 e. The molecule has 0 aromatic heterocycles. The Morgan fingerprint density at radius 3 is 2.36 bits per heavy atom. The van der Waals surface area contributed by atoms with Crippen molar-refractivity contribution in [2.24, 2.45) is 5.16 Å². The van der Waals surface area contributed by atoms with E-state index in [2.05, 4.69) is 9.99 Å². The summed E-state index contributed by atoms with van der Waals surface area (Å²) in [5.41, 5.74) is 7.73. The third-order valence-corrected chi connectivity index (χ3v) is 1.64. The van der Waals surface area contributed by atoms with Crippen LogP contribution in [0.15, 0.2) is 29.4 Å². The second-order valence-corrected chi connectivity index (χ2v) is 2.88. The van der Waals surface area contributed by atoms with Crippen LogP contribution in [0.5, 0.6) is 0 Å². The Labute approximate surface area is 82.4 Å². The molecule has 1 aromatic rings. The molecule has 0 aliphatic carbocycles. The summed E-state index contributed by atoms with van der Waals surface area (Å²) in [5.74, 6) is -0.431. The third kappa shape index (κ3) is 2.90. The highest BCUT2D eigenvalue weighted by molar-refractivity contribution is 5.98. The van der Waals surface area contributed by atoms with Crippen LogP contribution in [0.25, 0.3) is 0 Å². The van der Waals surface area contributed by atoms with Crippen molar-refractivity contribution in [3.8, 4) is 0 Å². The molecule has 4 nitrogen and oxygen atoms in total. The van der Waals surface area contributed by atoms with Crippen LogP contribution in [0.2, 0.25) is 0 Å². The number of carbonyl (C=O) groups is 1. The smallest absolute Gasteiger partial charge is 0.331 e. The van der Waals surface area contributed by atoms with Crippen LogP contribution in [0.4, 0.5) is 5.69 Å². The summed E-state index contributed by atoms with van der Waals surface area (Å²) in [7, 11) is 0. The van der Waals surface area contributed by atoms with Crippen molar-refractivity contribution in [3.63, 3.8) is 0 Å². The normalized spacial score (nSPS) is 11.1. The van der Waals surface area contributed by atoms with Gasteiger partial charge in [0.05, 0.1) is 5.71 Å². The van der Waals surface area contributed by atoms with Gasteiger partial charge in [0, 0.05) is 12.6 Å². The zero-order valence-corrected chi connectivity index (χ0v) is 8.15. The molecule has 0 spiro atoms. The highest BCUT2D eigenvalue weighted by Gasteiger charge is 1.98. The molecule has 14 heavy (non-hydrogen) atoms. The first-order valence-corrected chi connectivity index (χ1v) is 4.17. The SMILES string of the molecule is CC(=O)ON=C(C)c1ccc(N)cc1. The van der Waals surface area contributed by atoms with Gasteiger partial charge in [-0.1, -0.05) is 17.3 Å². The van der Waals surface area contributed by atoms with Crippen LogP contribution in [-0.4, -0.2) is 11.7 Å². The first-order chi connectivity index (χ1) is 6.59. The lowest BCUT2D eigenvalue weighted by atomic mass is 10.1. The Hall–Kier alpha value is -1.84. The summed E-state index contributed by atoms with van der Waals surface area (Å²) >= 11 is 0. The number of hydrogen-bond acceptors (Lipinski definition) is 4. The summed E-state index contributed by atoms with van der Waals surface area (Å²) in [6, 6.07) is 7.17. The molecule has 2 N–H and O–H groups in total. The number of nitrogens with zero attached hydrogens (tertiary/aromatic N) is 1. The lowest BCUT2D eigenvalue weighted by Gasteiger charge is -1.99. The van der Waals surface area contributed by atoms with Gasteiger partial charge in [-0.05, 0) is 24.6 Å². The van der Waals surface area contributed by atoms with E-state index in [1.165, 1.54) is 6.92 Å². The lowest BCUT2D eigenvalue weighted by Crippen LogP contribution is -1.99. The van der Waals surface area contributed by atoms with Gasteiger partial charge in [0.25, 0.3) is 0 Å². The molecule has 0 saturated heterocycles. The Morgan fingerprint density at radius 1 is 1.29 bits per heavy atom. The summed E-state index contributed by atoms with van der Waals surface area (Å²) < 4.78 is 0. The standard InChI is InChI=1S/C10H12N2O2/c1-7(12-14-8(2)13)9-3-5-10(11)6-4-9/h3-6H,11H2,1-2H3. The van der Waals surface area contributed by atoms with Gasteiger partial charge < -0.3 is 10.6 Å². The second-order valence-electron chi connectivity index (χ2n) is 2.88. The molecule has 1 rings (SSSR count). The third-order valence-electron chi connectivity index (χ3n) is 1.64. The molecule has 1 aromatic carbocycles. The molecule has 4 heteroatoms. The Bertz CT molecular complexity index is 355. The molecule has 0 aliphatic rings. The van der Waals surface area contributed by atoms with Crippen LogP contribution >= 0.6 is 0 Å². The van der Waals surface area contributed by atoms with Crippen LogP contribution in [0, 0.1) is 0 Å². The van der Waals surface area contributed by atoms with Crippen LogP contribution in [0.1, 0.15) is 19.4 Å².